The van der Waals surface area contributed by atoms with Gasteiger partial charge in [-0.15, -0.1) is 6.58 Å². The van der Waals surface area contributed by atoms with Gasteiger partial charge in [-0.2, -0.15) is 0 Å². The molecule has 2 fully saturated rings. The first-order valence-electron chi connectivity index (χ1n) is 8.54. The summed E-state index contributed by atoms with van der Waals surface area (Å²) in [7, 11) is 1.69. The number of anilines is 1. The highest BCUT2D eigenvalue weighted by Gasteiger charge is 2.55. The number of rotatable bonds is 3. The van der Waals surface area contributed by atoms with Crippen LogP contribution in [0.1, 0.15) is 6.92 Å². The van der Waals surface area contributed by atoms with E-state index in [0.29, 0.717) is 11.6 Å². The summed E-state index contributed by atoms with van der Waals surface area (Å²) in [5, 5.41) is 0.668. The van der Waals surface area contributed by atoms with Crippen LogP contribution in [0.2, 0.25) is 5.02 Å². The molecule has 4 rings (SSSR count). The Labute approximate surface area is 157 Å². The van der Waals surface area contributed by atoms with Crippen molar-refractivity contribution >= 4 is 35.2 Å². The number of likely N-dealkylation sites (N-methyl/N-ethyl adjacent to an activating group) is 1. The van der Waals surface area contributed by atoms with E-state index < -0.39 is 12.2 Å². The van der Waals surface area contributed by atoms with Crippen LogP contribution in [0.25, 0.3) is 0 Å². The van der Waals surface area contributed by atoms with Gasteiger partial charge in [-0.3, -0.25) is 9.69 Å². The molecule has 3 atom stereocenters. The van der Waals surface area contributed by atoms with E-state index >= 15 is 0 Å². The van der Waals surface area contributed by atoms with Crippen molar-refractivity contribution in [3.8, 4) is 0 Å². The Morgan fingerprint density at radius 2 is 1.96 bits per heavy atom. The summed E-state index contributed by atoms with van der Waals surface area (Å²) in [4.78, 5) is 37.3. The second kappa shape index (κ2) is 6.02. The number of urea groups is 1. The Morgan fingerprint density at radius 1 is 1.27 bits per heavy atom. The number of guanidine groups is 1. The summed E-state index contributed by atoms with van der Waals surface area (Å²) in [6.07, 6.45) is 1.10. The molecule has 3 unspecified atom stereocenters. The normalized spacial score (nSPS) is 26.0. The molecule has 3 heterocycles. The summed E-state index contributed by atoms with van der Waals surface area (Å²) in [6.45, 7) is 6.91. The molecule has 136 valence electrons. The maximum absolute atomic E-state index is 13.1. The van der Waals surface area contributed by atoms with Crippen molar-refractivity contribution < 1.29 is 9.59 Å². The number of nitrogens with zero attached hydrogens (tertiary/aromatic N) is 5. The SMILES string of the molecule is C=CC(C)N1C(=O)C2C(N=C3N(c4ccc(Cl)cc4)CCN32)N(C)C1=O. The number of imide groups is 1. The van der Waals surface area contributed by atoms with Crippen LogP contribution < -0.4 is 4.90 Å². The smallest absolute Gasteiger partial charge is 0.325 e. The van der Waals surface area contributed by atoms with E-state index in [-0.39, 0.29) is 18.0 Å². The lowest BCUT2D eigenvalue weighted by Gasteiger charge is -2.42. The lowest BCUT2D eigenvalue weighted by Crippen LogP contribution is -2.66. The average molecular weight is 374 g/mol. The molecule has 1 aromatic carbocycles. The van der Waals surface area contributed by atoms with E-state index in [1.165, 1.54) is 9.80 Å². The molecule has 0 saturated carbocycles. The summed E-state index contributed by atoms with van der Waals surface area (Å²) in [5.41, 5.74) is 0.965. The Morgan fingerprint density at radius 3 is 2.62 bits per heavy atom. The second-order valence-electron chi connectivity index (χ2n) is 6.69. The average Bonchev–Trinajstić information content (AvgIpc) is 3.20. The predicted molar refractivity (Wildman–Crippen MR) is 100 cm³/mol. The highest BCUT2D eigenvalue weighted by molar-refractivity contribution is 6.30. The fraction of sp³-hybridized carbons (Fsp3) is 0.389. The molecule has 0 radical (unpaired) electrons. The zero-order chi connectivity index (χ0) is 18.6. The molecule has 0 N–H and O–H groups in total. The fourth-order valence-corrected chi connectivity index (χ4v) is 3.87. The van der Waals surface area contributed by atoms with Crippen LogP contribution in [0.15, 0.2) is 41.9 Å². The zero-order valence-electron chi connectivity index (χ0n) is 14.7. The van der Waals surface area contributed by atoms with Gasteiger partial charge in [0.15, 0.2) is 12.2 Å². The molecular formula is C18H20ClN5O2. The van der Waals surface area contributed by atoms with Gasteiger partial charge in [0.2, 0.25) is 5.96 Å². The number of fused-ring (bicyclic) bond motifs is 3. The number of amides is 3. The molecule has 3 amide bonds. The monoisotopic (exact) mass is 373 g/mol. The van der Waals surface area contributed by atoms with Crippen LogP contribution in [0.5, 0.6) is 0 Å². The minimum Gasteiger partial charge on any atom is -0.325 e. The Kier molecular flexibility index (Phi) is 3.91. The molecule has 26 heavy (non-hydrogen) atoms. The van der Waals surface area contributed by atoms with E-state index in [2.05, 4.69) is 11.5 Å². The molecule has 0 aliphatic carbocycles. The topological polar surface area (TPSA) is 59.5 Å². The minimum atomic E-state index is -0.506. The van der Waals surface area contributed by atoms with E-state index in [0.717, 1.165) is 18.2 Å². The van der Waals surface area contributed by atoms with E-state index in [4.69, 9.17) is 16.6 Å². The largest absolute Gasteiger partial charge is 0.328 e. The highest BCUT2D eigenvalue weighted by Crippen LogP contribution is 2.34. The molecule has 3 aliphatic rings. The number of aliphatic imine (C=N–C) groups is 1. The van der Waals surface area contributed by atoms with Crippen LogP contribution in [0, 0.1) is 0 Å². The first kappa shape index (κ1) is 16.9. The van der Waals surface area contributed by atoms with Gasteiger partial charge >= 0.3 is 6.03 Å². The maximum atomic E-state index is 13.1. The van der Waals surface area contributed by atoms with Crippen LogP contribution in [-0.2, 0) is 4.79 Å². The van der Waals surface area contributed by atoms with Crippen molar-refractivity contribution in [1.29, 1.82) is 0 Å². The van der Waals surface area contributed by atoms with Crippen LogP contribution in [0.4, 0.5) is 10.5 Å². The number of hydrogen-bond acceptors (Lipinski definition) is 5. The number of carbonyl (C=O) groups is 2. The molecular weight excluding hydrogens is 354 g/mol. The van der Waals surface area contributed by atoms with Crippen molar-refractivity contribution in [3.63, 3.8) is 0 Å². The molecule has 0 spiro atoms. The zero-order valence-corrected chi connectivity index (χ0v) is 15.4. The van der Waals surface area contributed by atoms with Gasteiger partial charge in [0, 0.05) is 30.8 Å². The molecule has 1 aromatic rings. The molecule has 0 aromatic heterocycles. The third-order valence-corrected chi connectivity index (χ3v) is 5.46. The highest BCUT2D eigenvalue weighted by atomic mass is 35.5. The third kappa shape index (κ3) is 2.30. The summed E-state index contributed by atoms with van der Waals surface area (Å²) in [6, 6.07) is 6.32. The first-order chi connectivity index (χ1) is 12.4. The number of halogens is 1. The van der Waals surface area contributed by atoms with E-state index in [1.54, 1.807) is 20.0 Å². The Bertz CT molecular complexity index is 808. The van der Waals surface area contributed by atoms with Crippen molar-refractivity contribution in [1.82, 2.24) is 14.7 Å². The molecule has 0 bridgehead atoms. The Hall–Kier alpha value is -2.54. The number of hydrogen-bond donors (Lipinski definition) is 0. The van der Waals surface area contributed by atoms with Gasteiger partial charge in [-0.1, -0.05) is 17.7 Å². The molecule has 3 aliphatic heterocycles. The van der Waals surface area contributed by atoms with Crippen molar-refractivity contribution in [2.24, 2.45) is 4.99 Å². The van der Waals surface area contributed by atoms with Gasteiger partial charge in [-0.25, -0.2) is 9.79 Å². The molecule has 2 saturated heterocycles. The lowest BCUT2D eigenvalue weighted by atomic mass is 10.1. The van der Waals surface area contributed by atoms with Crippen molar-refractivity contribution in [2.45, 2.75) is 25.2 Å². The van der Waals surface area contributed by atoms with Gasteiger partial charge in [0.25, 0.3) is 5.91 Å². The second-order valence-corrected chi connectivity index (χ2v) is 7.12. The standard InChI is InChI=1S/C18H20ClN5O2/c1-4-11(2)24-16(25)14-15(21(3)18(24)26)20-17-22(9-10-23(14)17)13-7-5-12(19)6-8-13/h4-8,11,14-15H,1,9-10H2,2-3H3. The lowest BCUT2D eigenvalue weighted by molar-refractivity contribution is -0.138. The summed E-state index contributed by atoms with van der Waals surface area (Å²) < 4.78 is 0. The van der Waals surface area contributed by atoms with E-state index in [9.17, 15) is 9.59 Å². The number of benzene rings is 1. The van der Waals surface area contributed by atoms with Crippen molar-refractivity contribution in [3.05, 3.63) is 41.9 Å². The van der Waals surface area contributed by atoms with E-state index in [1.807, 2.05) is 29.2 Å². The van der Waals surface area contributed by atoms with Gasteiger partial charge < -0.3 is 14.7 Å². The van der Waals surface area contributed by atoms with Crippen molar-refractivity contribution in [2.75, 3.05) is 25.0 Å². The maximum Gasteiger partial charge on any atom is 0.328 e. The Balaban J connectivity index is 1.68. The summed E-state index contributed by atoms with van der Waals surface area (Å²) >= 11 is 5.98. The third-order valence-electron chi connectivity index (χ3n) is 5.21. The molecule has 8 heteroatoms. The van der Waals surface area contributed by atoms with Crippen LogP contribution >= 0.6 is 11.6 Å². The first-order valence-corrected chi connectivity index (χ1v) is 8.92. The van der Waals surface area contributed by atoms with Gasteiger partial charge in [-0.05, 0) is 31.2 Å². The van der Waals surface area contributed by atoms with Gasteiger partial charge in [0.1, 0.15) is 0 Å². The van der Waals surface area contributed by atoms with Gasteiger partial charge in [0.05, 0.1) is 6.04 Å². The van der Waals surface area contributed by atoms with Crippen LogP contribution in [0.3, 0.4) is 0 Å². The predicted octanol–water partition coefficient (Wildman–Crippen LogP) is 1.99. The quantitative estimate of drug-likeness (QED) is 0.760. The number of carbonyl (C=O) groups excluding carboxylic acids is 2. The fourth-order valence-electron chi connectivity index (χ4n) is 3.74. The molecule has 7 nitrogen and oxygen atoms in total. The minimum absolute atomic E-state index is 0.220. The summed E-state index contributed by atoms with van der Waals surface area (Å²) in [5.74, 6) is 0.505. The van der Waals surface area contributed by atoms with Crippen LogP contribution in [-0.4, -0.2) is 71.0 Å².